The summed E-state index contributed by atoms with van der Waals surface area (Å²) in [7, 11) is 1.36. The third kappa shape index (κ3) is 3.45. The fraction of sp³-hybridized carbons (Fsp3) is 0.846. The second kappa shape index (κ2) is 6.73. The molecule has 5 nitrogen and oxygen atoms in total. The monoisotopic (exact) mass is 256 g/mol. The Morgan fingerprint density at radius 3 is 2.72 bits per heavy atom. The average Bonchev–Trinajstić information content (AvgIpc) is 2.33. The smallest absolute Gasteiger partial charge is 0.328 e. The van der Waals surface area contributed by atoms with E-state index in [4.69, 9.17) is 4.74 Å². The maximum absolute atomic E-state index is 12.3. The Labute approximate surface area is 109 Å². The fourth-order valence-electron chi connectivity index (χ4n) is 2.37. The predicted octanol–water partition coefficient (Wildman–Crippen LogP) is 0.785. The molecule has 5 heteroatoms. The van der Waals surface area contributed by atoms with Crippen LogP contribution < -0.4 is 5.32 Å². The maximum Gasteiger partial charge on any atom is 0.328 e. The molecule has 1 heterocycles. The molecule has 0 aromatic rings. The number of rotatable bonds is 5. The molecule has 0 saturated carbocycles. The Balaban J connectivity index is 2.75. The summed E-state index contributed by atoms with van der Waals surface area (Å²) >= 11 is 0. The molecule has 1 rings (SSSR count). The largest absolute Gasteiger partial charge is 0.467 e. The molecule has 0 bridgehead atoms. The standard InChI is InChI=1S/C13H24N2O3/c1-5-11(13(17)18-4)15-7-6-14-10(12(15)16)8-9(2)3/h9-11,14H,5-8H2,1-4H3. The highest BCUT2D eigenvalue weighted by molar-refractivity contribution is 5.88. The molecule has 1 amide bonds. The number of carbonyl (C=O) groups is 2. The van der Waals surface area contributed by atoms with Crippen molar-refractivity contribution in [3.05, 3.63) is 0 Å². The van der Waals surface area contributed by atoms with Crippen LogP contribution in [0.4, 0.5) is 0 Å². The topological polar surface area (TPSA) is 58.6 Å². The predicted molar refractivity (Wildman–Crippen MR) is 69.1 cm³/mol. The van der Waals surface area contributed by atoms with Gasteiger partial charge in [0, 0.05) is 13.1 Å². The zero-order valence-electron chi connectivity index (χ0n) is 11.7. The van der Waals surface area contributed by atoms with Crippen molar-refractivity contribution in [3.63, 3.8) is 0 Å². The normalized spacial score (nSPS) is 22.2. The summed E-state index contributed by atoms with van der Waals surface area (Å²) in [5.74, 6) is 0.146. The Morgan fingerprint density at radius 2 is 2.22 bits per heavy atom. The molecule has 0 aromatic heterocycles. The molecule has 1 aliphatic rings. The number of methoxy groups -OCH3 is 1. The lowest BCUT2D eigenvalue weighted by molar-refractivity contribution is -0.155. The van der Waals surface area contributed by atoms with Crippen LogP contribution in [-0.2, 0) is 14.3 Å². The lowest BCUT2D eigenvalue weighted by Crippen LogP contribution is -2.59. The second-order valence-electron chi connectivity index (χ2n) is 5.12. The molecule has 18 heavy (non-hydrogen) atoms. The van der Waals surface area contributed by atoms with E-state index in [0.29, 0.717) is 18.9 Å². The third-order valence-electron chi connectivity index (χ3n) is 3.27. The number of piperazine rings is 1. The quantitative estimate of drug-likeness (QED) is 0.739. The van der Waals surface area contributed by atoms with E-state index in [1.54, 1.807) is 4.90 Å². The van der Waals surface area contributed by atoms with Crippen LogP contribution in [0.1, 0.15) is 33.6 Å². The van der Waals surface area contributed by atoms with Crippen molar-refractivity contribution in [2.24, 2.45) is 5.92 Å². The Bertz CT molecular complexity index is 305. The van der Waals surface area contributed by atoms with E-state index >= 15 is 0 Å². The van der Waals surface area contributed by atoms with E-state index in [2.05, 4.69) is 19.2 Å². The minimum atomic E-state index is -0.445. The molecule has 2 unspecified atom stereocenters. The van der Waals surface area contributed by atoms with Crippen LogP contribution in [0.25, 0.3) is 0 Å². The van der Waals surface area contributed by atoms with Crippen molar-refractivity contribution in [1.82, 2.24) is 10.2 Å². The van der Waals surface area contributed by atoms with E-state index in [1.165, 1.54) is 7.11 Å². The molecule has 0 radical (unpaired) electrons. The average molecular weight is 256 g/mol. The minimum Gasteiger partial charge on any atom is -0.467 e. The third-order valence-corrected chi connectivity index (χ3v) is 3.27. The Morgan fingerprint density at radius 1 is 1.56 bits per heavy atom. The minimum absolute atomic E-state index is 0.0206. The van der Waals surface area contributed by atoms with Crippen molar-refractivity contribution >= 4 is 11.9 Å². The van der Waals surface area contributed by atoms with Gasteiger partial charge in [0.15, 0.2) is 0 Å². The van der Waals surface area contributed by atoms with Gasteiger partial charge in [0.05, 0.1) is 13.2 Å². The highest BCUT2D eigenvalue weighted by Gasteiger charge is 2.35. The van der Waals surface area contributed by atoms with Crippen molar-refractivity contribution in [1.29, 1.82) is 0 Å². The number of nitrogens with zero attached hydrogens (tertiary/aromatic N) is 1. The van der Waals surface area contributed by atoms with Crippen LogP contribution in [0.3, 0.4) is 0 Å². The van der Waals surface area contributed by atoms with E-state index in [9.17, 15) is 9.59 Å². The molecule has 1 aliphatic heterocycles. The van der Waals surface area contributed by atoms with Gasteiger partial charge >= 0.3 is 5.97 Å². The summed E-state index contributed by atoms with van der Waals surface area (Å²) in [5.41, 5.74) is 0. The van der Waals surface area contributed by atoms with Gasteiger partial charge in [0.1, 0.15) is 6.04 Å². The first kappa shape index (κ1) is 15.0. The summed E-state index contributed by atoms with van der Waals surface area (Å²) in [6.45, 7) is 7.38. The van der Waals surface area contributed by atoms with Crippen molar-refractivity contribution in [2.45, 2.75) is 45.7 Å². The van der Waals surface area contributed by atoms with Crippen LogP contribution in [0.5, 0.6) is 0 Å². The molecule has 0 aliphatic carbocycles. The van der Waals surface area contributed by atoms with Crippen molar-refractivity contribution in [3.8, 4) is 0 Å². The van der Waals surface area contributed by atoms with Gasteiger partial charge in [-0.3, -0.25) is 4.79 Å². The number of hydrogen-bond acceptors (Lipinski definition) is 4. The zero-order valence-corrected chi connectivity index (χ0v) is 11.7. The summed E-state index contributed by atoms with van der Waals surface area (Å²) in [6.07, 6.45) is 1.39. The van der Waals surface area contributed by atoms with Crippen molar-refractivity contribution < 1.29 is 14.3 Å². The fourth-order valence-corrected chi connectivity index (χ4v) is 2.37. The maximum atomic E-state index is 12.3. The number of nitrogens with one attached hydrogen (secondary N) is 1. The lowest BCUT2D eigenvalue weighted by atomic mass is 9.99. The van der Waals surface area contributed by atoms with E-state index in [-0.39, 0.29) is 17.9 Å². The van der Waals surface area contributed by atoms with Gasteiger partial charge in [-0.15, -0.1) is 0 Å². The number of carbonyl (C=O) groups excluding carboxylic acids is 2. The molecular weight excluding hydrogens is 232 g/mol. The van der Waals surface area contributed by atoms with Gasteiger partial charge in [-0.2, -0.15) is 0 Å². The molecule has 1 N–H and O–H groups in total. The molecule has 2 atom stereocenters. The molecular formula is C13H24N2O3. The van der Waals surface area contributed by atoms with E-state index in [0.717, 1.165) is 13.0 Å². The SMILES string of the molecule is CCC(C(=O)OC)N1CCNC(CC(C)C)C1=O. The molecule has 1 saturated heterocycles. The number of amides is 1. The molecule has 104 valence electrons. The Kier molecular flexibility index (Phi) is 5.59. The van der Waals surface area contributed by atoms with Gasteiger partial charge in [0.25, 0.3) is 0 Å². The van der Waals surface area contributed by atoms with Crippen LogP contribution in [0.2, 0.25) is 0 Å². The summed E-state index contributed by atoms with van der Waals surface area (Å²) in [4.78, 5) is 25.7. The lowest BCUT2D eigenvalue weighted by Gasteiger charge is -2.37. The van der Waals surface area contributed by atoms with E-state index in [1.807, 2.05) is 6.92 Å². The van der Waals surface area contributed by atoms with Gasteiger partial charge in [-0.05, 0) is 18.8 Å². The number of esters is 1. The summed E-state index contributed by atoms with van der Waals surface area (Å²) < 4.78 is 4.77. The van der Waals surface area contributed by atoms with Gasteiger partial charge < -0.3 is 15.0 Å². The molecule has 0 aromatic carbocycles. The number of hydrogen-bond donors (Lipinski definition) is 1. The molecule has 0 spiro atoms. The summed E-state index contributed by atoms with van der Waals surface area (Å²) in [6, 6.07) is -0.614. The highest BCUT2D eigenvalue weighted by Crippen LogP contribution is 2.15. The first-order chi connectivity index (χ1) is 8.51. The van der Waals surface area contributed by atoms with Gasteiger partial charge in [0.2, 0.25) is 5.91 Å². The van der Waals surface area contributed by atoms with Crippen LogP contribution >= 0.6 is 0 Å². The number of ether oxygens (including phenoxy) is 1. The first-order valence-electron chi connectivity index (χ1n) is 6.62. The first-order valence-corrected chi connectivity index (χ1v) is 6.62. The van der Waals surface area contributed by atoms with Crippen LogP contribution in [0, 0.1) is 5.92 Å². The molecule has 1 fully saturated rings. The Hall–Kier alpha value is -1.10. The van der Waals surface area contributed by atoms with Crippen molar-refractivity contribution in [2.75, 3.05) is 20.2 Å². The van der Waals surface area contributed by atoms with Gasteiger partial charge in [-0.1, -0.05) is 20.8 Å². The second-order valence-corrected chi connectivity index (χ2v) is 5.12. The van der Waals surface area contributed by atoms with Crippen LogP contribution in [-0.4, -0.2) is 49.1 Å². The highest BCUT2D eigenvalue weighted by atomic mass is 16.5. The van der Waals surface area contributed by atoms with Crippen LogP contribution in [0.15, 0.2) is 0 Å². The van der Waals surface area contributed by atoms with E-state index < -0.39 is 6.04 Å². The zero-order chi connectivity index (χ0) is 13.7. The van der Waals surface area contributed by atoms with Gasteiger partial charge in [-0.25, -0.2) is 4.79 Å². The summed E-state index contributed by atoms with van der Waals surface area (Å²) in [5, 5.41) is 3.22.